The average molecular weight is 281 g/mol. The number of carbonyl (C=O) groups is 1. The lowest BCUT2D eigenvalue weighted by Gasteiger charge is -2.06. The number of hydrogen-bond acceptors (Lipinski definition) is 2. The van der Waals surface area contributed by atoms with Gasteiger partial charge in [0.1, 0.15) is 17.4 Å². The van der Waals surface area contributed by atoms with E-state index in [0.717, 1.165) is 6.54 Å². The number of carbonyl (C=O) groups excluding carboxylic acids is 1. The lowest BCUT2D eigenvalue weighted by Crippen LogP contribution is -2.12. The zero-order valence-electron chi connectivity index (χ0n) is 10.6. The van der Waals surface area contributed by atoms with Crippen LogP contribution in [0.15, 0.2) is 30.6 Å². The highest BCUT2D eigenvalue weighted by molar-refractivity contribution is 6.30. The van der Waals surface area contributed by atoms with Gasteiger partial charge in [-0.25, -0.2) is 9.37 Å². The Hall–Kier alpha value is -1.68. The molecule has 0 amide bonds. The van der Waals surface area contributed by atoms with Gasteiger partial charge in [-0.15, -0.1) is 0 Å². The summed E-state index contributed by atoms with van der Waals surface area (Å²) in [7, 11) is 0. The van der Waals surface area contributed by atoms with Gasteiger partial charge < -0.3 is 4.57 Å². The maximum Gasteiger partial charge on any atom is 0.145 e. The van der Waals surface area contributed by atoms with E-state index in [2.05, 4.69) is 4.98 Å². The summed E-state index contributed by atoms with van der Waals surface area (Å²) in [6.45, 7) is 2.74. The molecule has 0 atom stereocenters. The second-order valence-electron chi connectivity index (χ2n) is 4.23. The Morgan fingerprint density at radius 3 is 2.95 bits per heavy atom. The van der Waals surface area contributed by atoms with Gasteiger partial charge in [-0.1, -0.05) is 23.7 Å². The zero-order chi connectivity index (χ0) is 13.8. The van der Waals surface area contributed by atoms with Gasteiger partial charge in [-0.3, -0.25) is 4.79 Å². The Kier molecular flexibility index (Phi) is 4.32. The third-order valence-corrected chi connectivity index (χ3v) is 3.21. The molecule has 0 radical (unpaired) electrons. The van der Waals surface area contributed by atoms with E-state index in [9.17, 15) is 9.18 Å². The van der Waals surface area contributed by atoms with Gasteiger partial charge in [-0.05, 0) is 18.6 Å². The highest BCUT2D eigenvalue weighted by Gasteiger charge is 2.13. The van der Waals surface area contributed by atoms with Crippen molar-refractivity contribution in [3.05, 3.63) is 52.8 Å². The fourth-order valence-electron chi connectivity index (χ4n) is 1.93. The van der Waals surface area contributed by atoms with E-state index in [4.69, 9.17) is 11.6 Å². The first-order valence-electron chi connectivity index (χ1n) is 6.06. The highest BCUT2D eigenvalue weighted by atomic mass is 35.5. The quantitative estimate of drug-likeness (QED) is 0.844. The summed E-state index contributed by atoms with van der Waals surface area (Å²) >= 11 is 5.68. The molecule has 0 saturated carbocycles. The zero-order valence-corrected chi connectivity index (χ0v) is 11.3. The van der Waals surface area contributed by atoms with Crippen molar-refractivity contribution in [3.63, 3.8) is 0 Å². The number of benzene rings is 1. The number of halogens is 2. The van der Waals surface area contributed by atoms with Crippen molar-refractivity contribution >= 4 is 17.4 Å². The van der Waals surface area contributed by atoms with Crippen LogP contribution in [0.25, 0.3) is 0 Å². The van der Waals surface area contributed by atoms with Crippen LogP contribution in [0.3, 0.4) is 0 Å². The van der Waals surface area contributed by atoms with Crippen LogP contribution in [-0.4, -0.2) is 15.3 Å². The molecule has 5 heteroatoms. The number of hydrogen-bond donors (Lipinski definition) is 0. The number of nitrogens with zero attached hydrogens (tertiary/aromatic N) is 2. The van der Waals surface area contributed by atoms with Crippen LogP contribution in [0.1, 0.15) is 18.3 Å². The SMILES string of the molecule is CCn1ccnc1CC(=O)Cc1cccc(Cl)c1F. The molecule has 0 saturated heterocycles. The molecular formula is C14H14ClFN2O. The van der Waals surface area contributed by atoms with Crippen LogP contribution >= 0.6 is 11.6 Å². The second-order valence-corrected chi connectivity index (χ2v) is 4.64. The monoisotopic (exact) mass is 280 g/mol. The molecule has 1 heterocycles. The van der Waals surface area contributed by atoms with Gasteiger partial charge in [0.15, 0.2) is 0 Å². The van der Waals surface area contributed by atoms with Crippen molar-refractivity contribution in [1.82, 2.24) is 9.55 Å². The molecule has 0 spiro atoms. The Balaban J connectivity index is 2.08. The first kappa shape index (κ1) is 13.7. The lowest BCUT2D eigenvalue weighted by molar-refractivity contribution is -0.118. The molecule has 0 aliphatic heterocycles. The summed E-state index contributed by atoms with van der Waals surface area (Å²) in [5, 5.41) is 0.0420. The minimum atomic E-state index is -0.517. The molecule has 1 aromatic carbocycles. The second kappa shape index (κ2) is 5.97. The molecule has 1 aromatic heterocycles. The Bertz CT molecular complexity index is 595. The van der Waals surface area contributed by atoms with Crippen LogP contribution in [0.2, 0.25) is 5.02 Å². The number of aromatic nitrogens is 2. The highest BCUT2D eigenvalue weighted by Crippen LogP contribution is 2.18. The predicted molar refractivity (Wildman–Crippen MR) is 71.7 cm³/mol. The molecule has 2 rings (SSSR count). The summed E-state index contributed by atoms with van der Waals surface area (Å²) in [6.07, 6.45) is 3.71. The van der Waals surface area contributed by atoms with Crippen molar-refractivity contribution in [3.8, 4) is 0 Å². The summed E-state index contributed by atoms with van der Waals surface area (Å²) in [6, 6.07) is 4.68. The number of imidazole rings is 1. The van der Waals surface area contributed by atoms with E-state index in [1.54, 1.807) is 18.3 Å². The molecule has 0 unspecified atom stereocenters. The van der Waals surface area contributed by atoms with E-state index in [1.165, 1.54) is 6.07 Å². The fraction of sp³-hybridized carbons (Fsp3) is 0.286. The average Bonchev–Trinajstić information content (AvgIpc) is 2.82. The van der Waals surface area contributed by atoms with Crippen molar-refractivity contribution in [1.29, 1.82) is 0 Å². The minimum absolute atomic E-state index is 0.0307. The third kappa shape index (κ3) is 3.20. The first-order chi connectivity index (χ1) is 9.11. The van der Waals surface area contributed by atoms with Gasteiger partial charge in [-0.2, -0.15) is 0 Å². The summed E-state index contributed by atoms with van der Waals surface area (Å²) in [4.78, 5) is 16.1. The fourth-order valence-corrected chi connectivity index (χ4v) is 2.13. The number of aryl methyl sites for hydroxylation is 1. The molecule has 3 nitrogen and oxygen atoms in total. The van der Waals surface area contributed by atoms with Gasteiger partial charge >= 0.3 is 0 Å². The van der Waals surface area contributed by atoms with E-state index in [0.29, 0.717) is 11.4 Å². The Labute approximate surface area is 116 Å². The van der Waals surface area contributed by atoms with Crippen LogP contribution in [-0.2, 0) is 24.2 Å². The number of ketones is 1. The normalized spacial score (nSPS) is 10.7. The van der Waals surface area contributed by atoms with Crippen molar-refractivity contribution in [2.75, 3.05) is 0 Å². The molecular weight excluding hydrogens is 267 g/mol. The summed E-state index contributed by atoms with van der Waals surface area (Å²) in [5.41, 5.74) is 0.326. The molecule has 0 bridgehead atoms. The van der Waals surface area contributed by atoms with Crippen molar-refractivity contribution < 1.29 is 9.18 Å². The van der Waals surface area contributed by atoms with E-state index < -0.39 is 5.82 Å². The smallest absolute Gasteiger partial charge is 0.145 e. The largest absolute Gasteiger partial charge is 0.335 e. The first-order valence-corrected chi connectivity index (χ1v) is 6.44. The van der Waals surface area contributed by atoms with Crippen LogP contribution in [0.5, 0.6) is 0 Å². The van der Waals surface area contributed by atoms with Gasteiger partial charge in [0.2, 0.25) is 0 Å². The topological polar surface area (TPSA) is 34.9 Å². The van der Waals surface area contributed by atoms with Gasteiger partial charge in [0, 0.05) is 25.4 Å². The maximum absolute atomic E-state index is 13.7. The lowest BCUT2D eigenvalue weighted by atomic mass is 10.1. The number of Topliss-reactive ketones (excluding diaryl/α,β-unsaturated/α-hetero) is 1. The van der Waals surface area contributed by atoms with Gasteiger partial charge in [0.25, 0.3) is 0 Å². The van der Waals surface area contributed by atoms with Crippen LogP contribution in [0, 0.1) is 5.82 Å². The van der Waals surface area contributed by atoms with E-state index >= 15 is 0 Å². The molecule has 0 N–H and O–H groups in total. The van der Waals surface area contributed by atoms with Crippen molar-refractivity contribution in [2.45, 2.75) is 26.3 Å². The van der Waals surface area contributed by atoms with Crippen molar-refractivity contribution in [2.24, 2.45) is 0 Å². The van der Waals surface area contributed by atoms with E-state index in [-0.39, 0.29) is 23.6 Å². The molecule has 0 aliphatic carbocycles. The molecule has 0 fully saturated rings. The standard InChI is InChI=1S/C14H14ClFN2O/c1-2-18-7-6-17-13(18)9-11(19)8-10-4-3-5-12(15)14(10)16/h3-7H,2,8-9H2,1H3. The molecule has 0 aliphatic rings. The van der Waals surface area contributed by atoms with Crippen LogP contribution < -0.4 is 0 Å². The van der Waals surface area contributed by atoms with Gasteiger partial charge in [0.05, 0.1) is 11.4 Å². The number of rotatable bonds is 5. The molecule has 100 valence electrons. The predicted octanol–water partition coefficient (Wildman–Crippen LogP) is 3.05. The maximum atomic E-state index is 13.7. The van der Waals surface area contributed by atoms with Crippen LogP contribution in [0.4, 0.5) is 4.39 Å². The van der Waals surface area contributed by atoms with E-state index in [1.807, 2.05) is 17.7 Å². The third-order valence-electron chi connectivity index (χ3n) is 2.92. The summed E-state index contributed by atoms with van der Waals surface area (Å²) < 4.78 is 15.6. The molecule has 2 aromatic rings. The Morgan fingerprint density at radius 1 is 1.42 bits per heavy atom. The molecule has 19 heavy (non-hydrogen) atoms. The minimum Gasteiger partial charge on any atom is -0.335 e. The summed E-state index contributed by atoms with van der Waals surface area (Å²) in [5.74, 6) is 0.105. The Morgan fingerprint density at radius 2 is 2.21 bits per heavy atom.